The average Bonchev–Trinajstić information content (AvgIpc) is 3.28. The smallest absolute Gasteiger partial charge is 0.332 e. The summed E-state index contributed by atoms with van der Waals surface area (Å²) in [6.07, 6.45) is 2.44. The Labute approximate surface area is 195 Å². The number of carbonyl (C=O) groups is 1. The first-order valence-electron chi connectivity index (χ1n) is 11.5. The lowest BCUT2D eigenvalue weighted by Gasteiger charge is -2.45. The summed E-state index contributed by atoms with van der Waals surface area (Å²) >= 11 is 0. The van der Waals surface area contributed by atoms with Crippen molar-refractivity contribution in [2.45, 2.75) is 24.8 Å². The minimum absolute atomic E-state index is 0.0298. The van der Waals surface area contributed by atoms with E-state index in [1.165, 1.54) is 44.8 Å². The molecule has 7 rings (SSSR count). The lowest BCUT2D eigenvalue weighted by atomic mass is 9.59. The Morgan fingerprint density at radius 1 is 0.971 bits per heavy atom. The highest BCUT2D eigenvalue weighted by Crippen LogP contribution is 2.55. The van der Waals surface area contributed by atoms with Gasteiger partial charge in [0.25, 0.3) is 5.56 Å². The van der Waals surface area contributed by atoms with Crippen LogP contribution in [0.5, 0.6) is 0 Å². The van der Waals surface area contributed by atoms with Crippen LogP contribution in [0.25, 0.3) is 11.2 Å². The molecule has 4 aromatic rings. The first-order chi connectivity index (χ1) is 16.5. The van der Waals surface area contributed by atoms with Crippen molar-refractivity contribution < 1.29 is 4.79 Å². The van der Waals surface area contributed by atoms with Crippen molar-refractivity contribution in [1.82, 2.24) is 24.0 Å². The maximum Gasteiger partial charge on any atom is 0.332 e. The van der Waals surface area contributed by atoms with Crippen molar-refractivity contribution in [2.75, 3.05) is 6.54 Å². The van der Waals surface area contributed by atoms with Crippen molar-refractivity contribution in [3.05, 3.63) is 98.0 Å². The molecule has 2 heterocycles. The van der Waals surface area contributed by atoms with Gasteiger partial charge >= 0.3 is 5.69 Å². The largest absolute Gasteiger partial charge is 0.354 e. The summed E-state index contributed by atoms with van der Waals surface area (Å²) in [6.45, 7) is 0.531. The predicted octanol–water partition coefficient (Wildman–Crippen LogP) is 1.85. The van der Waals surface area contributed by atoms with Crippen LogP contribution in [0.4, 0.5) is 0 Å². The molecule has 0 radical (unpaired) electrons. The molecule has 2 bridgehead atoms. The van der Waals surface area contributed by atoms with Crippen molar-refractivity contribution >= 4 is 17.1 Å². The predicted molar refractivity (Wildman–Crippen MR) is 128 cm³/mol. The van der Waals surface area contributed by atoms with Gasteiger partial charge in [-0.2, -0.15) is 0 Å². The second kappa shape index (κ2) is 7.55. The Balaban J connectivity index is 1.24. The van der Waals surface area contributed by atoms with Gasteiger partial charge in [0.15, 0.2) is 11.2 Å². The summed E-state index contributed by atoms with van der Waals surface area (Å²) in [5.41, 5.74) is 5.16. The fraction of sp³-hybridized carbons (Fsp3) is 0.308. The van der Waals surface area contributed by atoms with Crippen molar-refractivity contribution in [1.29, 1.82) is 0 Å². The van der Waals surface area contributed by atoms with E-state index in [0.29, 0.717) is 18.4 Å². The molecular formula is C26H25N5O3. The van der Waals surface area contributed by atoms with Crippen LogP contribution < -0.4 is 16.6 Å². The summed E-state index contributed by atoms with van der Waals surface area (Å²) in [7, 11) is 2.99. The van der Waals surface area contributed by atoms with Gasteiger partial charge in [-0.15, -0.1) is 0 Å². The van der Waals surface area contributed by atoms with E-state index < -0.39 is 11.2 Å². The minimum atomic E-state index is -0.457. The van der Waals surface area contributed by atoms with E-state index in [-0.39, 0.29) is 29.5 Å². The van der Waals surface area contributed by atoms with Gasteiger partial charge in [-0.1, -0.05) is 48.5 Å². The maximum atomic E-state index is 12.9. The van der Waals surface area contributed by atoms with E-state index in [4.69, 9.17) is 0 Å². The molecule has 0 saturated carbocycles. The number of hydrogen-bond acceptors (Lipinski definition) is 4. The molecule has 0 aliphatic heterocycles. The third-order valence-corrected chi connectivity index (χ3v) is 7.52. The van der Waals surface area contributed by atoms with Crippen LogP contribution in [0.15, 0.2) is 64.4 Å². The van der Waals surface area contributed by atoms with Crippen LogP contribution in [0, 0.1) is 5.92 Å². The van der Waals surface area contributed by atoms with Crippen LogP contribution in [-0.4, -0.2) is 31.1 Å². The highest BCUT2D eigenvalue weighted by atomic mass is 16.2. The first-order valence-corrected chi connectivity index (χ1v) is 11.5. The Morgan fingerprint density at radius 2 is 1.59 bits per heavy atom. The van der Waals surface area contributed by atoms with Gasteiger partial charge in [-0.25, -0.2) is 9.78 Å². The molecule has 1 unspecified atom stereocenters. The first kappa shape index (κ1) is 20.7. The third kappa shape index (κ3) is 2.91. The number of fused-ring (bicyclic) bond motifs is 2. The van der Waals surface area contributed by atoms with Gasteiger partial charge in [-0.05, 0) is 34.6 Å². The summed E-state index contributed by atoms with van der Waals surface area (Å²) in [5, 5.41) is 3.10. The number of carbonyl (C=O) groups excluding carboxylic acids is 1. The van der Waals surface area contributed by atoms with Crippen LogP contribution in [0.2, 0.25) is 0 Å². The number of benzene rings is 2. The molecule has 172 valence electrons. The number of nitrogens with zero attached hydrogens (tertiary/aromatic N) is 4. The van der Waals surface area contributed by atoms with E-state index in [0.717, 1.165) is 11.0 Å². The van der Waals surface area contributed by atoms with E-state index in [1.807, 2.05) is 0 Å². The molecule has 2 aromatic heterocycles. The Kier molecular flexibility index (Phi) is 4.58. The molecule has 8 heteroatoms. The summed E-state index contributed by atoms with van der Waals surface area (Å²) in [4.78, 5) is 41.9. The number of aryl methyl sites for hydroxylation is 1. The number of rotatable bonds is 4. The van der Waals surface area contributed by atoms with E-state index >= 15 is 0 Å². The van der Waals surface area contributed by atoms with Crippen molar-refractivity contribution in [2.24, 2.45) is 20.0 Å². The zero-order chi connectivity index (χ0) is 23.6. The molecule has 0 spiro atoms. The van der Waals surface area contributed by atoms with Crippen LogP contribution in [0.1, 0.15) is 40.5 Å². The molecule has 3 aliphatic rings. The van der Waals surface area contributed by atoms with E-state index in [2.05, 4.69) is 58.8 Å². The van der Waals surface area contributed by atoms with E-state index in [9.17, 15) is 14.4 Å². The zero-order valence-electron chi connectivity index (χ0n) is 19.1. The summed E-state index contributed by atoms with van der Waals surface area (Å²) < 4.78 is 3.87. The van der Waals surface area contributed by atoms with Gasteiger partial charge in [-0.3, -0.25) is 18.7 Å². The summed E-state index contributed by atoms with van der Waals surface area (Å²) in [5.74, 6) is 0.722. The van der Waals surface area contributed by atoms with Gasteiger partial charge in [0.2, 0.25) is 5.91 Å². The molecule has 8 nitrogen and oxygen atoms in total. The standard InChI is InChI=1S/C26H25N5O3/c1-29-24-23(25(33)30(2)26(29)34)31(14-28-24)13-21(32)27-12-15-11-20-16-7-3-5-9-18(16)22(15)19-10-6-4-8-17(19)20/h3-10,14-15,20,22H,11-13H2,1-2H3,(H,27,32). The highest BCUT2D eigenvalue weighted by molar-refractivity contribution is 5.79. The van der Waals surface area contributed by atoms with Crippen molar-refractivity contribution in [3.8, 4) is 0 Å². The van der Waals surface area contributed by atoms with Gasteiger partial charge in [0, 0.05) is 32.5 Å². The fourth-order valence-electron chi connectivity index (χ4n) is 5.93. The SMILES string of the molecule is Cn1c(=O)c2c(ncn2CC(=O)NCC2CC3c4ccccc4C2c2ccccc23)n(C)c1=O. The van der Waals surface area contributed by atoms with Crippen molar-refractivity contribution in [3.63, 3.8) is 0 Å². The Morgan fingerprint density at radius 3 is 2.24 bits per heavy atom. The molecule has 0 fully saturated rings. The molecule has 1 N–H and O–H groups in total. The minimum Gasteiger partial charge on any atom is -0.354 e. The topological polar surface area (TPSA) is 90.9 Å². The lowest BCUT2D eigenvalue weighted by molar-refractivity contribution is -0.121. The van der Waals surface area contributed by atoms with Gasteiger partial charge in [0.05, 0.1) is 6.33 Å². The number of hydrogen-bond donors (Lipinski definition) is 1. The Bertz CT molecular complexity index is 1530. The van der Waals surface area contributed by atoms with Gasteiger partial charge < -0.3 is 9.88 Å². The van der Waals surface area contributed by atoms with Gasteiger partial charge in [0.1, 0.15) is 6.54 Å². The monoisotopic (exact) mass is 455 g/mol. The summed E-state index contributed by atoms with van der Waals surface area (Å²) in [6, 6.07) is 17.3. The molecule has 34 heavy (non-hydrogen) atoms. The molecule has 0 saturated heterocycles. The zero-order valence-corrected chi connectivity index (χ0v) is 19.1. The molecule has 1 atom stereocenters. The van der Waals surface area contributed by atoms with E-state index in [1.54, 1.807) is 7.05 Å². The lowest BCUT2D eigenvalue weighted by Crippen LogP contribution is -2.40. The second-order valence-electron chi connectivity index (χ2n) is 9.34. The van der Waals surface area contributed by atoms with Crippen LogP contribution >= 0.6 is 0 Å². The second-order valence-corrected chi connectivity index (χ2v) is 9.34. The molecule has 3 aliphatic carbocycles. The normalized spacial score (nSPS) is 20.2. The molecular weight excluding hydrogens is 430 g/mol. The number of aromatic nitrogens is 4. The number of nitrogens with one attached hydrogen (secondary N) is 1. The molecule has 2 aromatic carbocycles. The number of imidazole rings is 1. The quantitative estimate of drug-likeness (QED) is 0.509. The number of amides is 1. The fourth-order valence-corrected chi connectivity index (χ4v) is 5.93. The molecule has 1 amide bonds. The Hall–Kier alpha value is -3.94. The maximum absolute atomic E-state index is 12.9. The van der Waals surface area contributed by atoms with Crippen LogP contribution in [0.3, 0.4) is 0 Å². The van der Waals surface area contributed by atoms with Crippen LogP contribution in [-0.2, 0) is 25.4 Å². The highest BCUT2D eigenvalue weighted by Gasteiger charge is 2.42. The third-order valence-electron chi connectivity index (χ3n) is 7.52. The average molecular weight is 456 g/mol.